The first kappa shape index (κ1) is 16.3. The minimum atomic E-state index is -0.0327. The molecular weight excluding hydrogens is 308 g/mol. The maximum absolute atomic E-state index is 12.0. The number of urea groups is 1. The molecule has 1 aliphatic heterocycles. The molecule has 1 aromatic heterocycles. The number of nitrogens with zero attached hydrogens (tertiary/aromatic N) is 3. The molecule has 1 aromatic carbocycles. The van der Waals surface area contributed by atoms with E-state index in [2.05, 4.69) is 15.5 Å². The van der Waals surface area contributed by atoms with Gasteiger partial charge < -0.3 is 19.5 Å². The number of ether oxygens (including phenoxy) is 1. The Morgan fingerprint density at radius 2 is 2.38 bits per heavy atom. The highest BCUT2D eigenvalue weighted by Crippen LogP contribution is 2.28. The van der Waals surface area contributed by atoms with Crippen LogP contribution in [0.3, 0.4) is 0 Å². The lowest BCUT2D eigenvalue weighted by molar-refractivity contribution is 0.172. The fraction of sp³-hybridized carbons (Fsp3) is 0.471. The van der Waals surface area contributed by atoms with Crippen molar-refractivity contribution in [1.29, 1.82) is 0 Å². The van der Waals surface area contributed by atoms with Gasteiger partial charge in [-0.1, -0.05) is 17.3 Å². The highest BCUT2D eigenvalue weighted by atomic mass is 16.5. The molecule has 1 fully saturated rings. The maximum Gasteiger partial charge on any atom is 0.317 e. The number of methoxy groups -OCH3 is 1. The standard InChI is InChI=1S/C17H22N4O3/c1-3-18-17(22)21-9-5-7-13(11-21)16-19-15(20-24-16)12-6-4-8-14(10-12)23-2/h4,6,8,10,13H,3,5,7,9,11H2,1-2H3,(H,18,22)/t13-/m0/s1. The second kappa shape index (κ2) is 7.33. The van der Waals surface area contributed by atoms with Crippen LogP contribution in [0.1, 0.15) is 31.6 Å². The van der Waals surface area contributed by atoms with Crippen molar-refractivity contribution in [3.63, 3.8) is 0 Å². The first-order valence-electron chi connectivity index (χ1n) is 8.22. The number of hydrogen-bond donors (Lipinski definition) is 1. The van der Waals surface area contributed by atoms with Crippen LogP contribution >= 0.6 is 0 Å². The van der Waals surface area contributed by atoms with Crippen molar-refractivity contribution in [2.45, 2.75) is 25.7 Å². The average molecular weight is 330 g/mol. The number of hydrogen-bond acceptors (Lipinski definition) is 5. The van der Waals surface area contributed by atoms with Gasteiger partial charge in [-0.3, -0.25) is 0 Å². The predicted molar refractivity (Wildman–Crippen MR) is 88.9 cm³/mol. The summed E-state index contributed by atoms with van der Waals surface area (Å²) in [7, 11) is 1.62. The SMILES string of the molecule is CCNC(=O)N1CCC[C@H](c2nc(-c3cccc(OC)c3)no2)C1. The lowest BCUT2D eigenvalue weighted by Crippen LogP contribution is -2.44. The zero-order valence-corrected chi connectivity index (χ0v) is 14.0. The maximum atomic E-state index is 12.0. The quantitative estimate of drug-likeness (QED) is 0.932. The number of piperidine rings is 1. The van der Waals surface area contributed by atoms with Gasteiger partial charge >= 0.3 is 6.03 Å². The van der Waals surface area contributed by atoms with Crippen LogP contribution in [0.4, 0.5) is 4.79 Å². The van der Waals surface area contributed by atoms with E-state index in [4.69, 9.17) is 9.26 Å². The van der Waals surface area contributed by atoms with Crippen molar-refractivity contribution in [3.05, 3.63) is 30.2 Å². The summed E-state index contributed by atoms with van der Waals surface area (Å²) in [5, 5.41) is 6.92. The molecular formula is C17H22N4O3. The number of likely N-dealkylation sites (tertiary alicyclic amines) is 1. The molecule has 1 atom stereocenters. The molecule has 2 amide bonds. The van der Waals surface area contributed by atoms with Gasteiger partial charge in [0.05, 0.1) is 13.0 Å². The first-order valence-corrected chi connectivity index (χ1v) is 8.22. The van der Waals surface area contributed by atoms with E-state index >= 15 is 0 Å². The van der Waals surface area contributed by atoms with E-state index in [1.54, 1.807) is 7.11 Å². The van der Waals surface area contributed by atoms with E-state index in [0.29, 0.717) is 24.8 Å². The zero-order valence-electron chi connectivity index (χ0n) is 14.0. The van der Waals surface area contributed by atoms with Gasteiger partial charge in [0, 0.05) is 25.2 Å². The summed E-state index contributed by atoms with van der Waals surface area (Å²) in [5.41, 5.74) is 0.848. The van der Waals surface area contributed by atoms with Crippen LogP contribution in [0.25, 0.3) is 11.4 Å². The van der Waals surface area contributed by atoms with Gasteiger partial charge in [0.15, 0.2) is 0 Å². The topological polar surface area (TPSA) is 80.5 Å². The molecule has 3 rings (SSSR count). The van der Waals surface area contributed by atoms with Crippen LogP contribution in [0.2, 0.25) is 0 Å². The highest BCUT2D eigenvalue weighted by molar-refractivity contribution is 5.74. The summed E-state index contributed by atoms with van der Waals surface area (Å²) in [4.78, 5) is 18.3. The first-order chi connectivity index (χ1) is 11.7. The van der Waals surface area contributed by atoms with E-state index < -0.39 is 0 Å². The molecule has 128 valence electrons. The molecule has 24 heavy (non-hydrogen) atoms. The predicted octanol–water partition coefficient (Wildman–Crippen LogP) is 2.65. The molecule has 1 saturated heterocycles. The lowest BCUT2D eigenvalue weighted by Gasteiger charge is -2.30. The molecule has 1 aliphatic rings. The number of aromatic nitrogens is 2. The Bertz CT molecular complexity index is 701. The minimum Gasteiger partial charge on any atom is -0.497 e. The third kappa shape index (κ3) is 3.50. The van der Waals surface area contributed by atoms with Gasteiger partial charge in [-0.25, -0.2) is 4.79 Å². The van der Waals surface area contributed by atoms with Crippen LogP contribution in [0.5, 0.6) is 5.75 Å². The van der Waals surface area contributed by atoms with E-state index in [-0.39, 0.29) is 11.9 Å². The van der Waals surface area contributed by atoms with Crippen LogP contribution in [-0.4, -0.2) is 47.8 Å². The summed E-state index contributed by atoms with van der Waals surface area (Å²) in [6.45, 7) is 3.91. The van der Waals surface area contributed by atoms with Crippen molar-refractivity contribution in [1.82, 2.24) is 20.4 Å². The summed E-state index contributed by atoms with van der Waals surface area (Å²) in [6.07, 6.45) is 1.87. The molecule has 0 bridgehead atoms. The summed E-state index contributed by atoms with van der Waals surface area (Å²) >= 11 is 0. The van der Waals surface area contributed by atoms with Crippen molar-refractivity contribution >= 4 is 6.03 Å². The van der Waals surface area contributed by atoms with E-state index in [0.717, 1.165) is 30.7 Å². The van der Waals surface area contributed by atoms with E-state index in [1.807, 2.05) is 36.1 Å². The number of nitrogens with one attached hydrogen (secondary N) is 1. The molecule has 0 unspecified atom stereocenters. The number of benzene rings is 1. The minimum absolute atomic E-state index is 0.0327. The van der Waals surface area contributed by atoms with Gasteiger partial charge in [-0.05, 0) is 31.9 Å². The third-order valence-electron chi connectivity index (χ3n) is 4.16. The van der Waals surface area contributed by atoms with E-state index in [1.165, 1.54) is 0 Å². The Kier molecular flexibility index (Phi) is 4.98. The summed E-state index contributed by atoms with van der Waals surface area (Å²) in [5.74, 6) is 1.95. The second-order valence-corrected chi connectivity index (χ2v) is 5.81. The normalized spacial score (nSPS) is 17.6. The van der Waals surface area contributed by atoms with Crippen molar-refractivity contribution in [3.8, 4) is 17.1 Å². The lowest BCUT2D eigenvalue weighted by atomic mass is 9.98. The summed E-state index contributed by atoms with van der Waals surface area (Å²) in [6, 6.07) is 7.52. The Hall–Kier alpha value is -2.57. The smallest absolute Gasteiger partial charge is 0.317 e. The van der Waals surface area contributed by atoms with Crippen LogP contribution in [-0.2, 0) is 0 Å². The molecule has 7 nitrogen and oxygen atoms in total. The van der Waals surface area contributed by atoms with Gasteiger partial charge in [-0.2, -0.15) is 4.98 Å². The molecule has 0 aliphatic carbocycles. The second-order valence-electron chi connectivity index (χ2n) is 5.81. The number of amides is 2. The molecule has 7 heteroatoms. The fourth-order valence-electron chi connectivity index (χ4n) is 2.91. The van der Waals surface area contributed by atoms with Crippen LogP contribution in [0, 0.1) is 0 Å². The fourth-order valence-corrected chi connectivity index (χ4v) is 2.91. The average Bonchev–Trinajstić information content (AvgIpc) is 3.12. The number of carbonyl (C=O) groups excluding carboxylic acids is 1. The third-order valence-corrected chi connectivity index (χ3v) is 4.16. The molecule has 0 radical (unpaired) electrons. The largest absolute Gasteiger partial charge is 0.497 e. The van der Waals surface area contributed by atoms with Crippen molar-refractivity contribution < 1.29 is 14.1 Å². The number of carbonyl (C=O) groups is 1. The van der Waals surface area contributed by atoms with Crippen LogP contribution < -0.4 is 10.1 Å². The number of rotatable bonds is 4. The monoisotopic (exact) mass is 330 g/mol. The van der Waals surface area contributed by atoms with Gasteiger partial charge in [0.2, 0.25) is 11.7 Å². The molecule has 0 spiro atoms. The highest BCUT2D eigenvalue weighted by Gasteiger charge is 2.28. The van der Waals surface area contributed by atoms with Crippen molar-refractivity contribution in [2.24, 2.45) is 0 Å². The molecule has 1 N–H and O–H groups in total. The Morgan fingerprint density at radius 1 is 1.50 bits per heavy atom. The van der Waals surface area contributed by atoms with Gasteiger partial charge in [0.1, 0.15) is 5.75 Å². The van der Waals surface area contributed by atoms with Gasteiger partial charge in [-0.15, -0.1) is 0 Å². The summed E-state index contributed by atoms with van der Waals surface area (Å²) < 4.78 is 10.7. The van der Waals surface area contributed by atoms with Crippen LogP contribution in [0.15, 0.2) is 28.8 Å². The Labute approximate surface area is 141 Å². The Balaban J connectivity index is 1.74. The molecule has 2 heterocycles. The molecule has 0 saturated carbocycles. The van der Waals surface area contributed by atoms with Crippen molar-refractivity contribution in [2.75, 3.05) is 26.7 Å². The Morgan fingerprint density at radius 3 is 3.17 bits per heavy atom. The van der Waals surface area contributed by atoms with E-state index in [9.17, 15) is 4.79 Å². The van der Waals surface area contributed by atoms with Gasteiger partial charge in [0.25, 0.3) is 0 Å². The zero-order chi connectivity index (χ0) is 16.9. The molecule has 2 aromatic rings.